The van der Waals surface area contributed by atoms with E-state index in [-0.39, 0.29) is 5.28 Å². The minimum Gasteiger partial charge on any atom is -0.354 e. The number of benzene rings is 2. The highest BCUT2D eigenvalue weighted by atomic mass is 35.5. The van der Waals surface area contributed by atoms with E-state index >= 15 is 0 Å². The van der Waals surface area contributed by atoms with Crippen molar-refractivity contribution >= 4 is 40.0 Å². The molecule has 0 saturated carbocycles. The molecule has 0 unspecified atom stereocenters. The third-order valence-corrected chi connectivity index (χ3v) is 3.12. The zero-order chi connectivity index (χ0) is 14.7. The van der Waals surface area contributed by atoms with E-state index in [0.29, 0.717) is 11.9 Å². The zero-order valence-electron chi connectivity index (χ0n) is 11.5. The Balaban J connectivity index is 1.90. The van der Waals surface area contributed by atoms with Crippen molar-refractivity contribution in [2.75, 3.05) is 17.2 Å². The fraction of sp³-hybridized carbons (Fsp3) is 0.133. The maximum atomic E-state index is 5.90. The van der Waals surface area contributed by atoms with Crippen LogP contribution in [0.3, 0.4) is 0 Å². The molecule has 0 spiro atoms. The van der Waals surface area contributed by atoms with Crippen molar-refractivity contribution in [3.05, 3.63) is 47.7 Å². The normalized spacial score (nSPS) is 10.6. The zero-order valence-corrected chi connectivity index (χ0v) is 12.2. The molecule has 0 fully saturated rings. The van der Waals surface area contributed by atoms with Gasteiger partial charge >= 0.3 is 0 Å². The second-order valence-electron chi connectivity index (χ2n) is 4.47. The Morgan fingerprint density at radius 3 is 2.52 bits per heavy atom. The van der Waals surface area contributed by atoms with Crippen molar-refractivity contribution in [2.45, 2.75) is 6.92 Å². The number of nitrogens with zero attached hydrogens (tertiary/aromatic N) is 3. The van der Waals surface area contributed by atoms with E-state index in [1.807, 2.05) is 37.3 Å². The Hall–Kier alpha value is -2.40. The average Bonchev–Trinajstić information content (AvgIpc) is 2.47. The van der Waals surface area contributed by atoms with Gasteiger partial charge in [-0.05, 0) is 41.4 Å². The summed E-state index contributed by atoms with van der Waals surface area (Å²) in [4.78, 5) is 12.4. The van der Waals surface area contributed by atoms with E-state index in [1.54, 1.807) is 0 Å². The lowest BCUT2D eigenvalue weighted by Gasteiger charge is -2.08. The van der Waals surface area contributed by atoms with Gasteiger partial charge in [0, 0.05) is 12.2 Å². The van der Waals surface area contributed by atoms with Crippen molar-refractivity contribution in [3.63, 3.8) is 0 Å². The summed E-state index contributed by atoms with van der Waals surface area (Å²) in [5.41, 5.74) is 0.901. The quantitative estimate of drug-likeness (QED) is 0.766. The molecule has 3 aromatic rings. The maximum absolute atomic E-state index is 5.90. The lowest BCUT2D eigenvalue weighted by Crippen LogP contribution is -2.06. The molecule has 6 heteroatoms. The Kier molecular flexibility index (Phi) is 3.83. The minimum absolute atomic E-state index is 0.157. The van der Waals surface area contributed by atoms with Crippen molar-refractivity contribution in [2.24, 2.45) is 0 Å². The standard InChI is InChI=1S/C15H14ClN5/c1-2-17-14-19-13(16)20-15(21-14)18-12-8-7-10-5-3-4-6-11(10)9-12/h3-9H,2H2,1H3,(H2,17,18,19,20,21). The maximum Gasteiger partial charge on any atom is 0.233 e. The fourth-order valence-electron chi connectivity index (χ4n) is 2.04. The van der Waals surface area contributed by atoms with Crippen molar-refractivity contribution in [1.29, 1.82) is 0 Å². The van der Waals surface area contributed by atoms with E-state index in [2.05, 4.69) is 37.7 Å². The van der Waals surface area contributed by atoms with Gasteiger partial charge in [-0.2, -0.15) is 15.0 Å². The first kappa shape index (κ1) is 13.6. The summed E-state index contributed by atoms with van der Waals surface area (Å²) in [6, 6.07) is 14.2. The third kappa shape index (κ3) is 3.20. The number of rotatable bonds is 4. The van der Waals surface area contributed by atoms with Crippen LogP contribution >= 0.6 is 11.6 Å². The van der Waals surface area contributed by atoms with Crippen LogP contribution in [0.5, 0.6) is 0 Å². The molecular weight excluding hydrogens is 286 g/mol. The van der Waals surface area contributed by atoms with E-state index in [9.17, 15) is 0 Å². The van der Waals surface area contributed by atoms with Gasteiger partial charge in [-0.3, -0.25) is 0 Å². The van der Waals surface area contributed by atoms with Crippen LogP contribution in [0.4, 0.5) is 17.6 Å². The highest BCUT2D eigenvalue weighted by molar-refractivity contribution is 6.28. The SMILES string of the molecule is CCNc1nc(Cl)nc(Nc2ccc3ccccc3c2)n1. The Morgan fingerprint density at radius 1 is 0.952 bits per heavy atom. The Labute approximate surface area is 127 Å². The topological polar surface area (TPSA) is 62.7 Å². The third-order valence-electron chi connectivity index (χ3n) is 2.95. The summed E-state index contributed by atoms with van der Waals surface area (Å²) >= 11 is 5.90. The molecule has 2 N–H and O–H groups in total. The Bertz CT molecular complexity index is 775. The average molecular weight is 300 g/mol. The molecule has 0 atom stereocenters. The lowest BCUT2D eigenvalue weighted by molar-refractivity contribution is 1.02. The molecule has 0 aliphatic heterocycles. The molecule has 5 nitrogen and oxygen atoms in total. The number of fused-ring (bicyclic) bond motifs is 1. The van der Waals surface area contributed by atoms with Gasteiger partial charge in [-0.25, -0.2) is 0 Å². The molecule has 1 heterocycles. The summed E-state index contributed by atoms with van der Waals surface area (Å²) in [5.74, 6) is 0.877. The van der Waals surface area contributed by atoms with Gasteiger partial charge in [0.2, 0.25) is 17.2 Å². The first-order valence-electron chi connectivity index (χ1n) is 6.66. The van der Waals surface area contributed by atoms with Gasteiger partial charge in [-0.1, -0.05) is 30.3 Å². The number of halogens is 1. The molecule has 0 aliphatic rings. The monoisotopic (exact) mass is 299 g/mol. The summed E-state index contributed by atoms with van der Waals surface area (Å²) in [6.07, 6.45) is 0. The molecule has 21 heavy (non-hydrogen) atoms. The van der Waals surface area contributed by atoms with Crippen LogP contribution in [0, 0.1) is 0 Å². The lowest BCUT2D eigenvalue weighted by atomic mass is 10.1. The van der Waals surface area contributed by atoms with Gasteiger partial charge in [0.05, 0.1) is 0 Å². The summed E-state index contributed by atoms with van der Waals surface area (Å²) in [5, 5.41) is 8.66. The van der Waals surface area contributed by atoms with Crippen LogP contribution in [-0.4, -0.2) is 21.5 Å². The molecule has 0 amide bonds. The molecular formula is C15H14ClN5. The molecule has 0 aliphatic carbocycles. The number of hydrogen-bond acceptors (Lipinski definition) is 5. The van der Waals surface area contributed by atoms with Crippen LogP contribution in [-0.2, 0) is 0 Å². The van der Waals surface area contributed by atoms with Crippen LogP contribution in [0.1, 0.15) is 6.92 Å². The number of nitrogens with one attached hydrogen (secondary N) is 2. The van der Waals surface area contributed by atoms with E-state index in [0.717, 1.165) is 17.6 Å². The molecule has 106 valence electrons. The van der Waals surface area contributed by atoms with Crippen LogP contribution in [0.2, 0.25) is 5.28 Å². The number of anilines is 3. The minimum atomic E-state index is 0.157. The van der Waals surface area contributed by atoms with E-state index in [1.165, 1.54) is 5.39 Å². The van der Waals surface area contributed by atoms with Gasteiger partial charge in [0.15, 0.2) is 0 Å². The van der Waals surface area contributed by atoms with E-state index in [4.69, 9.17) is 11.6 Å². The predicted molar refractivity (Wildman–Crippen MR) is 86.2 cm³/mol. The summed E-state index contributed by atoms with van der Waals surface area (Å²) in [6.45, 7) is 2.68. The van der Waals surface area contributed by atoms with Gasteiger partial charge in [0.1, 0.15) is 0 Å². The molecule has 0 bridgehead atoms. The largest absolute Gasteiger partial charge is 0.354 e. The van der Waals surface area contributed by atoms with Crippen molar-refractivity contribution < 1.29 is 0 Å². The van der Waals surface area contributed by atoms with Gasteiger partial charge in [0.25, 0.3) is 0 Å². The van der Waals surface area contributed by atoms with Gasteiger partial charge < -0.3 is 10.6 Å². The highest BCUT2D eigenvalue weighted by Crippen LogP contribution is 2.21. The predicted octanol–water partition coefficient (Wildman–Crippen LogP) is 3.85. The molecule has 3 rings (SSSR count). The molecule has 0 saturated heterocycles. The molecule has 1 aromatic heterocycles. The second kappa shape index (κ2) is 5.93. The molecule has 2 aromatic carbocycles. The van der Waals surface area contributed by atoms with Crippen molar-refractivity contribution in [1.82, 2.24) is 15.0 Å². The number of aromatic nitrogens is 3. The smallest absolute Gasteiger partial charge is 0.233 e. The van der Waals surface area contributed by atoms with Crippen molar-refractivity contribution in [3.8, 4) is 0 Å². The summed E-state index contributed by atoms with van der Waals surface area (Å²) in [7, 11) is 0. The second-order valence-corrected chi connectivity index (χ2v) is 4.81. The van der Waals surface area contributed by atoms with Crippen LogP contribution in [0.15, 0.2) is 42.5 Å². The van der Waals surface area contributed by atoms with Crippen LogP contribution in [0.25, 0.3) is 10.8 Å². The molecule has 0 radical (unpaired) electrons. The highest BCUT2D eigenvalue weighted by Gasteiger charge is 2.05. The summed E-state index contributed by atoms with van der Waals surface area (Å²) < 4.78 is 0. The Morgan fingerprint density at radius 2 is 1.71 bits per heavy atom. The van der Waals surface area contributed by atoms with Gasteiger partial charge in [-0.15, -0.1) is 0 Å². The number of hydrogen-bond donors (Lipinski definition) is 2. The van der Waals surface area contributed by atoms with Crippen LogP contribution < -0.4 is 10.6 Å². The fourth-order valence-corrected chi connectivity index (χ4v) is 2.20. The first-order valence-corrected chi connectivity index (χ1v) is 7.03. The first-order chi connectivity index (χ1) is 10.2. The van der Waals surface area contributed by atoms with E-state index < -0.39 is 0 Å².